The van der Waals surface area contributed by atoms with Crippen molar-refractivity contribution >= 4 is 29.1 Å². The van der Waals surface area contributed by atoms with Gasteiger partial charge in [-0.2, -0.15) is 0 Å². The zero-order valence-electron chi connectivity index (χ0n) is 11.9. The van der Waals surface area contributed by atoms with Crippen LogP contribution >= 0.6 is 0 Å². The van der Waals surface area contributed by atoms with Crippen LogP contribution in [0.15, 0.2) is 57.7 Å². The van der Waals surface area contributed by atoms with E-state index in [1.807, 2.05) is 30.3 Å². The molecule has 0 fully saturated rings. The Morgan fingerprint density at radius 3 is 2.48 bits per heavy atom. The Balaban J connectivity index is 2.11. The Morgan fingerprint density at radius 2 is 1.78 bits per heavy atom. The molecule has 0 aliphatic heterocycles. The van der Waals surface area contributed by atoms with E-state index in [9.17, 15) is 14.7 Å². The smallest absolute Gasteiger partial charge is 0.335 e. The molecule has 5 nitrogen and oxygen atoms in total. The maximum Gasteiger partial charge on any atom is 0.335 e. The van der Waals surface area contributed by atoms with Crippen LogP contribution < -0.4 is 5.43 Å². The predicted molar refractivity (Wildman–Crippen MR) is 86.5 cm³/mol. The van der Waals surface area contributed by atoms with Gasteiger partial charge in [-0.3, -0.25) is 4.79 Å². The number of rotatable bonds is 3. The van der Waals surface area contributed by atoms with Crippen LogP contribution in [0.2, 0.25) is 0 Å². The van der Waals surface area contributed by atoms with Gasteiger partial charge in [0.05, 0.1) is 10.9 Å². The first-order valence-corrected chi connectivity index (χ1v) is 6.82. The van der Waals surface area contributed by atoms with Gasteiger partial charge in [-0.25, -0.2) is 4.79 Å². The summed E-state index contributed by atoms with van der Waals surface area (Å²) in [5, 5.41) is 19.0. The highest BCUT2D eigenvalue weighted by Crippen LogP contribution is 2.23. The summed E-state index contributed by atoms with van der Waals surface area (Å²) in [4.78, 5) is 23.2. The van der Waals surface area contributed by atoms with Crippen molar-refractivity contribution in [1.82, 2.24) is 0 Å². The summed E-state index contributed by atoms with van der Waals surface area (Å²) in [5.41, 5.74) is 0.389. The SMILES string of the molecule is O=C(O)c1ccc2oc(/C=C/c3ccccc3)c(O)c(=O)c2c1. The average Bonchev–Trinajstić information content (AvgIpc) is 2.57. The van der Waals surface area contributed by atoms with Crippen molar-refractivity contribution in [3.8, 4) is 5.75 Å². The van der Waals surface area contributed by atoms with Crippen molar-refractivity contribution in [2.24, 2.45) is 0 Å². The summed E-state index contributed by atoms with van der Waals surface area (Å²) in [6.07, 6.45) is 3.20. The van der Waals surface area contributed by atoms with Gasteiger partial charge in [-0.1, -0.05) is 36.4 Å². The normalized spacial score (nSPS) is 11.1. The standard InChI is InChI=1S/C18H12O5/c19-16-13-10-12(18(21)22)7-9-14(13)23-15(17(16)20)8-6-11-4-2-1-3-5-11/h1-10,20H,(H,21,22)/b8-6+. The molecule has 0 amide bonds. The van der Waals surface area contributed by atoms with E-state index in [0.29, 0.717) is 0 Å². The number of carboxylic acids is 1. The van der Waals surface area contributed by atoms with E-state index in [1.54, 1.807) is 6.08 Å². The van der Waals surface area contributed by atoms with Crippen molar-refractivity contribution in [2.75, 3.05) is 0 Å². The molecule has 2 N–H and O–H groups in total. The number of hydrogen-bond acceptors (Lipinski definition) is 4. The molecule has 5 heteroatoms. The van der Waals surface area contributed by atoms with Crippen molar-refractivity contribution in [3.63, 3.8) is 0 Å². The van der Waals surface area contributed by atoms with Crippen LogP contribution in [0.3, 0.4) is 0 Å². The molecule has 114 valence electrons. The topological polar surface area (TPSA) is 87.7 Å². The zero-order valence-corrected chi connectivity index (χ0v) is 11.9. The van der Waals surface area contributed by atoms with Crippen LogP contribution in [-0.4, -0.2) is 16.2 Å². The number of carbonyl (C=O) groups is 1. The Hall–Kier alpha value is -3.34. The Morgan fingerprint density at radius 1 is 1.04 bits per heavy atom. The van der Waals surface area contributed by atoms with Gasteiger partial charge in [0.25, 0.3) is 0 Å². The molecule has 0 saturated heterocycles. The van der Waals surface area contributed by atoms with Gasteiger partial charge < -0.3 is 14.6 Å². The van der Waals surface area contributed by atoms with E-state index < -0.39 is 17.1 Å². The van der Waals surface area contributed by atoms with Gasteiger partial charge in [0.15, 0.2) is 5.76 Å². The molecule has 0 saturated carbocycles. The molecule has 2 aromatic carbocycles. The van der Waals surface area contributed by atoms with Crippen LogP contribution in [0.1, 0.15) is 21.7 Å². The minimum absolute atomic E-state index is 0.0226. The van der Waals surface area contributed by atoms with Crippen molar-refractivity contribution in [1.29, 1.82) is 0 Å². The Bertz CT molecular complexity index is 968. The first-order valence-electron chi connectivity index (χ1n) is 6.82. The molecular weight excluding hydrogens is 296 g/mol. The highest BCUT2D eigenvalue weighted by molar-refractivity contribution is 5.93. The number of aromatic carboxylic acids is 1. The molecular formula is C18H12O5. The Kier molecular flexibility index (Phi) is 3.68. The van der Waals surface area contributed by atoms with Crippen LogP contribution in [0, 0.1) is 0 Å². The number of benzene rings is 2. The molecule has 23 heavy (non-hydrogen) atoms. The van der Waals surface area contributed by atoms with E-state index in [4.69, 9.17) is 9.52 Å². The minimum atomic E-state index is -1.15. The van der Waals surface area contributed by atoms with Gasteiger partial charge in [-0.15, -0.1) is 0 Å². The molecule has 0 bridgehead atoms. The van der Waals surface area contributed by atoms with E-state index in [-0.39, 0.29) is 22.3 Å². The number of carboxylic acid groups (broad SMARTS) is 1. The number of fused-ring (bicyclic) bond motifs is 1. The minimum Gasteiger partial charge on any atom is -0.502 e. The van der Waals surface area contributed by atoms with Gasteiger partial charge in [0.1, 0.15) is 5.58 Å². The first kappa shape index (κ1) is 14.6. The number of aromatic hydroxyl groups is 1. The third-order valence-electron chi connectivity index (χ3n) is 3.37. The summed E-state index contributed by atoms with van der Waals surface area (Å²) < 4.78 is 5.50. The van der Waals surface area contributed by atoms with Crippen molar-refractivity contribution in [2.45, 2.75) is 0 Å². The fourth-order valence-corrected chi connectivity index (χ4v) is 2.18. The highest BCUT2D eigenvalue weighted by Gasteiger charge is 2.13. The fourth-order valence-electron chi connectivity index (χ4n) is 2.18. The molecule has 0 unspecified atom stereocenters. The van der Waals surface area contributed by atoms with Crippen molar-refractivity contribution < 1.29 is 19.4 Å². The zero-order chi connectivity index (χ0) is 16.4. The lowest BCUT2D eigenvalue weighted by atomic mass is 10.1. The Labute approximate surface area is 130 Å². The lowest BCUT2D eigenvalue weighted by Gasteiger charge is -2.03. The van der Waals surface area contributed by atoms with Crippen molar-refractivity contribution in [3.05, 3.63) is 75.6 Å². The second-order valence-corrected chi connectivity index (χ2v) is 4.90. The van der Waals surface area contributed by atoms with Gasteiger partial charge >= 0.3 is 5.97 Å². The molecule has 0 aliphatic carbocycles. The van der Waals surface area contributed by atoms with E-state index in [1.165, 1.54) is 24.3 Å². The molecule has 0 aliphatic rings. The highest BCUT2D eigenvalue weighted by atomic mass is 16.4. The molecule has 1 heterocycles. The monoisotopic (exact) mass is 308 g/mol. The second kappa shape index (κ2) is 5.81. The summed E-state index contributed by atoms with van der Waals surface area (Å²) in [6, 6.07) is 13.3. The quantitative estimate of drug-likeness (QED) is 0.774. The molecule has 0 atom stereocenters. The lowest BCUT2D eigenvalue weighted by Crippen LogP contribution is -2.05. The van der Waals surface area contributed by atoms with E-state index in [0.717, 1.165) is 5.56 Å². The number of hydrogen-bond donors (Lipinski definition) is 2. The molecule has 1 aromatic heterocycles. The predicted octanol–water partition coefficient (Wildman–Crippen LogP) is 3.37. The summed E-state index contributed by atoms with van der Waals surface area (Å²) in [6.45, 7) is 0. The summed E-state index contributed by atoms with van der Waals surface area (Å²) in [5.74, 6) is -1.68. The summed E-state index contributed by atoms with van der Waals surface area (Å²) >= 11 is 0. The van der Waals surface area contributed by atoms with Crippen LogP contribution in [-0.2, 0) is 0 Å². The van der Waals surface area contributed by atoms with Gasteiger partial charge in [-0.05, 0) is 29.8 Å². The molecule has 0 radical (unpaired) electrons. The largest absolute Gasteiger partial charge is 0.502 e. The maximum atomic E-state index is 12.2. The van der Waals surface area contributed by atoms with Crippen LogP contribution in [0.25, 0.3) is 23.1 Å². The summed E-state index contributed by atoms with van der Waals surface area (Å²) in [7, 11) is 0. The maximum absolute atomic E-state index is 12.2. The lowest BCUT2D eigenvalue weighted by molar-refractivity contribution is 0.0697. The van der Waals surface area contributed by atoms with Gasteiger partial charge in [0, 0.05) is 0 Å². The first-order chi connectivity index (χ1) is 11.1. The average molecular weight is 308 g/mol. The van der Waals surface area contributed by atoms with E-state index in [2.05, 4.69) is 0 Å². The molecule has 3 rings (SSSR count). The van der Waals surface area contributed by atoms with Crippen LogP contribution in [0.5, 0.6) is 5.75 Å². The molecule has 0 spiro atoms. The third-order valence-corrected chi connectivity index (χ3v) is 3.37. The molecule has 3 aromatic rings. The fraction of sp³-hybridized carbons (Fsp3) is 0. The van der Waals surface area contributed by atoms with Gasteiger partial charge in [0.2, 0.25) is 11.2 Å². The van der Waals surface area contributed by atoms with Crippen LogP contribution in [0.4, 0.5) is 0 Å². The third kappa shape index (κ3) is 2.85. The second-order valence-electron chi connectivity index (χ2n) is 4.90. The van der Waals surface area contributed by atoms with E-state index >= 15 is 0 Å².